The van der Waals surface area contributed by atoms with Gasteiger partial charge in [0.2, 0.25) is 0 Å². The molecule has 0 aliphatic carbocycles. The van der Waals surface area contributed by atoms with Crippen molar-refractivity contribution in [1.82, 2.24) is 4.98 Å². The number of rotatable bonds is 1. The third-order valence-electron chi connectivity index (χ3n) is 1.21. The molecule has 66 valence electrons. The average molecular weight is 289 g/mol. The van der Waals surface area contributed by atoms with Gasteiger partial charge in [-0.1, -0.05) is 0 Å². The Labute approximate surface area is 78.9 Å². The second kappa shape index (κ2) is 3.46. The van der Waals surface area contributed by atoms with Crippen molar-refractivity contribution >= 4 is 22.6 Å². The normalized spacial score (nSPS) is 10.8. The number of alkyl halides is 2. The number of halogens is 4. The molecule has 0 spiro atoms. The summed E-state index contributed by atoms with van der Waals surface area (Å²) in [5.74, 6) is -0.842. The van der Waals surface area contributed by atoms with E-state index in [2.05, 4.69) is 0 Å². The van der Waals surface area contributed by atoms with Crippen LogP contribution in [0.5, 0.6) is 0 Å². The van der Waals surface area contributed by atoms with E-state index in [9.17, 15) is 18.0 Å². The summed E-state index contributed by atoms with van der Waals surface area (Å²) in [4.78, 5) is 12.7. The van der Waals surface area contributed by atoms with Crippen molar-refractivity contribution in [2.45, 2.75) is 6.43 Å². The second-order valence-corrected chi connectivity index (χ2v) is 3.10. The van der Waals surface area contributed by atoms with Gasteiger partial charge in [0.15, 0.2) is 5.82 Å². The van der Waals surface area contributed by atoms with Crippen LogP contribution in [0.2, 0.25) is 0 Å². The van der Waals surface area contributed by atoms with E-state index in [1.807, 2.05) is 4.98 Å². The van der Waals surface area contributed by atoms with Gasteiger partial charge in [0, 0.05) is 0 Å². The van der Waals surface area contributed by atoms with E-state index in [0.717, 1.165) is 0 Å². The minimum absolute atomic E-state index is 0.0676. The van der Waals surface area contributed by atoms with E-state index in [1.165, 1.54) is 22.6 Å². The highest BCUT2D eigenvalue weighted by atomic mass is 127. The Hall–Kier alpha value is -0.530. The number of aromatic amines is 1. The van der Waals surface area contributed by atoms with Crippen molar-refractivity contribution in [3.8, 4) is 0 Å². The fourth-order valence-corrected chi connectivity index (χ4v) is 1.06. The molecule has 0 atom stereocenters. The van der Waals surface area contributed by atoms with Gasteiger partial charge in [0.1, 0.15) is 3.70 Å². The highest BCUT2D eigenvalue weighted by Gasteiger charge is 2.14. The molecule has 1 rings (SSSR count). The van der Waals surface area contributed by atoms with Crippen LogP contribution < -0.4 is 5.56 Å². The first-order valence-electron chi connectivity index (χ1n) is 2.88. The number of hydrogen-bond donors (Lipinski definition) is 1. The van der Waals surface area contributed by atoms with Crippen LogP contribution in [0.15, 0.2) is 10.9 Å². The van der Waals surface area contributed by atoms with Crippen LogP contribution in [0, 0.1) is 9.52 Å². The smallest absolute Gasteiger partial charge is 0.269 e. The Bertz CT molecular complexity index is 349. The van der Waals surface area contributed by atoms with Crippen LogP contribution in [0.4, 0.5) is 13.2 Å². The number of aromatic nitrogens is 1. The van der Waals surface area contributed by atoms with Crippen molar-refractivity contribution in [2.75, 3.05) is 0 Å². The summed E-state index contributed by atoms with van der Waals surface area (Å²) >= 11 is 1.51. The zero-order valence-corrected chi connectivity index (χ0v) is 7.73. The molecule has 1 N–H and O–H groups in total. The van der Waals surface area contributed by atoms with Gasteiger partial charge in [-0.2, -0.15) is 0 Å². The summed E-state index contributed by atoms with van der Waals surface area (Å²) in [5, 5.41) is 0. The maximum Gasteiger partial charge on any atom is 0.269 e. The monoisotopic (exact) mass is 289 g/mol. The molecular formula is C6H3F3INO. The van der Waals surface area contributed by atoms with Gasteiger partial charge in [0.05, 0.1) is 5.56 Å². The van der Waals surface area contributed by atoms with Gasteiger partial charge in [-0.15, -0.1) is 0 Å². The lowest BCUT2D eigenvalue weighted by molar-refractivity contribution is 0.149. The van der Waals surface area contributed by atoms with Crippen molar-refractivity contribution in [3.05, 3.63) is 31.5 Å². The van der Waals surface area contributed by atoms with E-state index >= 15 is 0 Å². The zero-order valence-electron chi connectivity index (χ0n) is 5.57. The van der Waals surface area contributed by atoms with Crippen LogP contribution in [0.25, 0.3) is 0 Å². The quantitative estimate of drug-likeness (QED) is 0.623. The molecule has 0 aliphatic heterocycles. The Balaban J connectivity index is 3.33. The van der Waals surface area contributed by atoms with Gasteiger partial charge >= 0.3 is 0 Å². The fourth-order valence-electron chi connectivity index (χ4n) is 0.659. The summed E-state index contributed by atoms with van der Waals surface area (Å²) in [6.45, 7) is 0. The number of nitrogens with one attached hydrogen (secondary N) is 1. The molecule has 1 aromatic heterocycles. The molecular weight excluding hydrogens is 286 g/mol. The van der Waals surface area contributed by atoms with Gasteiger partial charge in [-0.25, -0.2) is 13.2 Å². The lowest BCUT2D eigenvalue weighted by Gasteiger charge is -1.99. The Morgan fingerprint density at radius 3 is 2.58 bits per heavy atom. The van der Waals surface area contributed by atoms with E-state index in [4.69, 9.17) is 0 Å². The van der Waals surface area contributed by atoms with E-state index < -0.39 is 23.4 Å². The maximum absolute atomic E-state index is 12.6. The number of hydrogen-bond acceptors (Lipinski definition) is 1. The van der Waals surface area contributed by atoms with Crippen LogP contribution in [-0.4, -0.2) is 4.98 Å². The van der Waals surface area contributed by atoms with Gasteiger partial charge in [-0.05, 0) is 28.7 Å². The minimum atomic E-state index is -2.94. The lowest BCUT2D eigenvalue weighted by atomic mass is 10.3. The zero-order chi connectivity index (χ0) is 9.30. The Morgan fingerprint density at radius 2 is 2.08 bits per heavy atom. The lowest BCUT2D eigenvalue weighted by Crippen LogP contribution is -2.15. The minimum Gasteiger partial charge on any atom is -0.315 e. The largest absolute Gasteiger partial charge is 0.315 e. The third-order valence-corrected chi connectivity index (χ3v) is 2.00. The van der Waals surface area contributed by atoms with Gasteiger partial charge < -0.3 is 4.98 Å². The molecule has 0 aromatic carbocycles. The molecule has 0 radical (unpaired) electrons. The molecule has 1 aromatic rings. The first kappa shape index (κ1) is 9.56. The predicted molar refractivity (Wildman–Crippen MR) is 44.7 cm³/mol. The molecule has 0 bridgehead atoms. The summed E-state index contributed by atoms with van der Waals surface area (Å²) in [6, 6.07) is 0.547. The molecule has 6 heteroatoms. The van der Waals surface area contributed by atoms with Crippen LogP contribution in [0.3, 0.4) is 0 Å². The molecule has 2 nitrogen and oxygen atoms in total. The first-order valence-corrected chi connectivity index (χ1v) is 3.96. The molecule has 0 fully saturated rings. The average Bonchev–Trinajstić information content (AvgIpc) is 1.96. The van der Waals surface area contributed by atoms with Gasteiger partial charge in [-0.3, -0.25) is 4.79 Å². The number of pyridine rings is 1. The topological polar surface area (TPSA) is 32.9 Å². The van der Waals surface area contributed by atoms with Crippen molar-refractivity contribution < 1.29 is 13.2 Å². The molecule has 0 saturated heterocycles. The fraction of sp³-hybridized carbons (Fsp3) is 0.167. The Kier molecular flexibility index (Phi) is 2.76. The summed E-state index contributed by atoms with van der Waals surface area (Å²) < 4.78 is 36.4. The van der Waals surface area contributed by atoms with E-state index in [0.29, 0.717) is 6.07 Å². The third kappa shape index (κ3) is 1.79. The molecule has 0 unspecified atom stereocenters. The van der Waals surface area contributed by atoms with Gasteiger partial charge in [0.25, 0.3) is 12.0 Å². The molecule has 12 heavy (non-hydrogen) atoms. The predicted octanol–water partition coefficient (Wildman–Crippen LogP) is 2.06. The molecule has 0 aliphatic rings. The van der Waals surface area contributed by atoms with Crippen molar-refractivity contribution in [2.24, 2.45) is 0 Å². The van der Waals surface area contributed by atoms with Crippen molar-refractivity contribution in [3.63, 3.8) is 0 Å². The SMILES string of the molecule is O=c1[nH]c(I)c(F)cc1C(F)F. The van der Waals surface area contributed by atoms with E-state index in [-0.39, 0.29) is 3.70 Å². The highest BCUT2D eigenvalue weighted by molar-refractivity contribution is 14.1. The highest BCUT2D eigenvalue weighted by Crippen LogP contribution is 2.16. The van der Waals surface area contributed by atoms with Crippen LogP contribution >= 0.6 is 22.6 Å². The maximum atomic E-state index is 12.6. The number of H-pyrrole nitrogens is 1. The standard InChI is InChI=1S/C6H3F3INO/c7-3-1-2(4(8)9)6(12)11-5(3)10/h1,4H,(H,11,12). The second-order valence-electron chi connectivity index (χ2n) is 2.02. The van der Waals surface area contributed by atoms with E-state index in [1.54, 1.807) is 0 Å². The molecule has 0 saturated carbocycles. The molecule has 0 amide bonds. The summed E-state index contributed by atoms with van der Waals surface area (Å²) in [5.41, 5.74) is -1.79. The van der Waals surface area contributed by atoms with Crippen molar-refractivity contribution in [1.29, 1.82) is 0 Å². The summed E-state index contributed by atoms with van der Waals surface area (Å²) in [7, 11) is 0. The first-order chi connectivity index (χ1) is 5.52. The Morgan fingerprint density at radius 1 is 1.50 bits per heavy atom. The molecule has 1 heterocycles. The van der Waals surface area contributed by atoms with Crippen LogP contribution in [-0.2, 0) is 0 Å². The summed E-state index contributed by atoms with van der Waals surface area (Å²) in [6.07, 6.45) is -2.94. The van der Waals surface area contributed by atoms with Crippen LogP contribution in [0.1, 0.15) is 12.0 Å².